The molecule has 1 saturated heterocycles. The van der Waals surface area contributed by atoms with Crippen molar-refractivity contribution >= 4 is 69.6 Å². The molecule has 0 spiro atoms. The van der Waals surface area contributed by atoms with Gasteiger partial charge in [0.25, 0.3) is 5.91 Å². The molecule has 2 heterocycles. The third kappa shape index (κ3) is 9.30. The van der Waals surface area contributed by atoms with Gasteiger partial charge in [-0.1, -0.05) is 23.7 Å². The van der Waals surface area contributed by atoms with Gasteiger partial charge in [-0.15, -0.1) is 0 Å². The van der Waals surface area contributed by atoms with Crippen LogP contribution in [0.25, 0.3) is 22.2 Å². The Balaban J connectivity index is 1.57. The second-order valence-electron chi connectivity index (χ2n) is 10.9. The molecule has 0 saturated carbocycles. The zero-order valence-electron chi connectivity index (χ0n) is 26.6. The number of benzene rings is 2. The van der Waals surface area contributed by atoms with E-state index in [1.165, 1.54) is 4.90 Å². The van der Waals surface area contributed by atoms with Crippen LogP contribution >= 0.6 is 23.2 Å². The van der Waals surface area contributed by atoms with Crippen molar-refractivity contribution in [3.8, 4) is 11.3 Å². The van der Waals surface area contributed by atoms with E-state index in [0.29, 0.717) is 29.3 Å². The van der Waals surface area contributed by atoms with Crippen LogP contribution in [0.2, 0.25) is 10.3 Å². The molecule has 1 fully saturated rings. The summed E-state index contributed by atoms with van der Waals surface area (Å²) in [6, 6.07) is 12.8. The Morgan fingerprint density at radius 1 is 0.812 bits per heavy atom. The van der Waals surface area contributed by atoms with Crippen molar-refractivity contribution in [2.75, 3.05) is 37.7 Å². The van der Waals surface area contributed by atoms with Crippen molar-refractivity contribution in [3.05, 3.63) is 52.8 Å². The lowest BCUT2D eigenvalue weighted by Crippen LogP contribution is -2.59. The summed E-state index contributed by atoms with van der Waals surface area (Å²) in [7, 11) is 0. The number of hydrogen-bond donors (Lipinski definition) is 1. The molecule has 0 aliphatic carbocycles. The molecule has 14 nitrogen and oxygen atoms in total. The molecule has 2 aromatic carbocycles. The minimum atomic E-state index is -1.81. The van der Waals surface area contributed by atoms with Gasteiger partial charge in [-0.2, -0.15) is 0 Å². The first-order chi connectivity index (χ1) is 22.7. The number of anilines is 1. The number of fused-ring (bicyclic) bond motifs is 1. The Kier molecular flexibility index (Phi) is 12.1. The van der Waals surface area contributed by atoms with E-state index in [1.807, 2.05) is 29.2 Å². The van der Waals surface area contributed by atoms with E-state index in [-0.39, 0.29) is 18.4 Å². The summed E-state index contributed by atoms with van der Waals surface area (Å²) >= 11 is 12.5. The van der Waals surface area contributed by atoms with Crippen molar-refractivity contribution in [1.82, 2.24) is 14.9 Å². The van der Waals surface area contributed by atoms with E-state index >= 15 is 0 Å². The van der Waals surface area contributed by atoms with Crippen molar-refractivity contribution < 1.29 is 48.0 Å². The molecule has 3 aromatic rings. The summed E-state index contributed by atoms with van der Waals surface area (Å²) in [4.78, 5) is 73.7. The number of carbonyl (C=O) groups excluding carboxylic acids is 5. The molecule has 16 heteroatoms. The standard InChI is InChI=1S/C32H34Cl2N4O10/c1-17(39)45-16-26(43)28(46-18(2)40)29(47-19(3)41)30(48-20(4)42)31(44)38-12-10-37(11-13-38)23-7-5-6-21(14-23)27-24-15-22(33)8-9-25(24)35-32(34)36-27/h5-9,14-15,26,28-30,43H,10-13,16H2,1-4H3/t26-,28-,29+,30-/m1/s1. The Morgan fingerprint density at radius 3 is 2.08 bits per heavy atom. The van der Waals surface area contributed by atoms with Crippen molar-refractivity contribution in [2.45, 2.75) is 52.1 Å². The maximum Gasteiger partial charge on any atom is 0.303 e. The zero-order chi connectivity index (χ0) is 35.1. The molecule has 4 rings (SSSR count). The van der Waals surface area contributed by atoms with Crippen molar-refractivity contribution in [1.29, 1.82) is 0 Å². The largest absolute Gasteiger partial charge is 0.463 e. The van der Waals surface area contributed by atoms with Crippen LogP contribution < -0.4 is 4.90 Å². The quantitative estimate of drug-likeness (QED) is 0.175. The summed E-state index contributed by atoms with van der Waals surface area (Å²) in [6.07, 6.45) is -7.05. The molecule has 4 atom stereocenters. The first-order valence-electron chi connectivity index (χ1n) is 14.8. The van der Waals surface area contributed by atoms with E-state index < -0.39 is 60.8 Å². The van der Waals surface area contributed by atoms with Crippen LogP contribution in [0.5, 0.6) is 0 Å². The van der Waals surface area contributed by atoms with Crippen LogP contribution in [-0.2, 0) is 42.9 Å². The zero-order valence-corrected chi connectivity index (χ0v) is 28.1. The Morgan fingerprint density at radius 2 is 1.46 bits per heavy atom. The van der Waals surface area contributed by atoms with E-state index in [0.717, 1.165) is 44.3 Å². The number of ether oxygens (including phenoxy) is 4. The number of esters is 4. The minimum Gasteiger partial charge on any atom is -0.463 e. The summed E-state index contributed by atoms with van der Waals surface area (Å²) in [5, 5.41) is 12.1. The maximum absolute atomic E-state index is 13.9. The fraction of sp³-hybridized carbons (Fsp3) is 0.406. The lowest BCUT2D eigenvalue weighted by Gasteiger charge is -2.39. The van der Waals surface area contributed by atoms with E-state index in [1.54, 1.807) is 18.2 Å². The van der Waals surface area contributed by atoms with Crippen LogP contribution in [0.15, 0.2) is 42.5 Å². The van der Waals surface area contributed by atoms with Gasteiger partial charge in [0.15, 0.2) is 12.2 Å². The number of piperazine rings is 1. The average molecular weight is 706 g/mol. The number of nitrogens with zero attached hydrogens (tertiary/aromatic N) is 4. The van der Waals surface area contributed by atoms with Gasteiger partial charge in [0.05, 0.1) is 11.2 Å². The SMILES string of the molecule is CC(=O)OC[C@@H](O)[C@@H](OC(C)=O)[C@H](OC(C)=O)[C@@H](OC(C)=O)C(=O)N1CCN(c2cccc(-c3nc(Cl)nc4ccc(Cl)cc34)c2)CC1. The number of carbonyl (C=O) groups is 5. The summed E-state index contributed by atoms with van der Waals surface area (Å²) in [6.45, 7) is 4.61. The second-order valence-corrected chi connectivity index (χ2v) is 11.7. The molecular weight excluding hydrogens is 671 g/mol. The van der Waals surface area contributed by atoms with Crippen LogP contribution in [0, 0.1) is 0 Å². The number of aliphatic hydroxyl groups is 1. The van der Waals surface area contributed by atoms with Crippen LogP contribution in [0.4, 0.5) is 5.69 Å². The topological polar surface area (TPSA) is 175 Å². The maximum atomic E-state index is 13.9. The monoisotopic (exact) mass is 704 g/mol. The predicted molar refractivity (Wildman–Crippen MR) is 173 cm³/mol. The minimum absolute atomic E-state index is 0.0848. The highest BCUT2D eigenvalue weighted by Crippen LogP contribution is 2.32. The second kappa shape index (κ2) is 16.0. The van der Waals surface area contributed by atoms with Gasteiger partial charge in [0.2, 0.25) is 11.4 Å². The smallest absolute Gasteiger partial charge is 0.303 e. The Labute approximate surface area is 285 Å². The van der Waals surface area contributed by atoms with Gasteiger partial charge < -0.3 is 33.9 Å². The molecule has 256 valence electrons. The van der Waals surface area contributed by atoms with Gasteiger partial charge in [-0.05, 0) is 41.9 Å². The Hall–Kier alpha value is -4.53. The third-order valence-electron chi connectivity index (χ3n) is 7.31. The van der Waals surface area contributed by atoms with Crippen LogP contribution in [-0.4, -0.2) is 107 Å². The predicted octanol–water partition coefficient (Wildman–Crippen LogP) is 2.97. The molecule has 48 heavy (non-hydrogen) atoms. The molecule has 1 N–H and O–H groups in total. The van der Waals surface area contributed by atoms with E-state index in [9.17, 15) is 29.1 Å². The van der Waals surface area contributed by atoms with E-state index in [4.69, 9.17) is 42.1 Å². The van der Waals surface area contributed by atoms with Gasteiger partial charge in [-0.25, -0.2) is 9.97 Å². The molecular formula is C32H34Cl2N4O10. The van der Waals surface area contributed by atoms with Gasteiger partial charge in [0.1, 0.15) is 12.7 Å². The molecule has 1 amide bonds. The van der Waals surface area contributed by atoms with Crippen molar-refractivity contribution in [3.63, 3.8) is 0 Å². The molecule has 0 unspecified atom stereocenters. The first kappa shape index (κ1) is 36.3. The molecule has 0 radical (unpaired) electrons. The number of rotatable bonds is 11. The average Bonchev–Trinajstić information content (AvgIpc) is 3.03. The number of aliphatic hydroxyl groups excluding tert-OH is 1. The highest BCUT2D eigenvalue weighted by molar-refractivity contribution is 6.31. The fourth-order valence-electron chi connectivity index (χ4n) is 5.29. The normalized spacial score (nSPS) is 15.6. The number of amides is 1. The lowest BCUT2D eigenvalue weighted by molar-refractivity contribution is -0.200. The summed E-state index contributed by atoms with van der Waals surface area (Å²) in [5.41, 5.74) is 2.84. The van der Waals surface area contributed by atoms with Crippen LogP contribution in [0.1, 0.15) is 27.7 Å². The first-order valence-corrected chi connectivity index (χ1v) is 15.6. The molecule has 1 aromatic heterocycles. The summed E-state index contributed by atoms with van der Waals surface area (Å²) in [5.74, 6) is -4.19. The molecule has 1 aliphatic heterocycles. The van der Waals surface area contributed by atoms with Gasteiger partial charge >= 0.3 is 23.9 Å². The van der Waals surface area contributed by atoms with Gasteiger partial charge in [0, 0.05) is 75.5 Å². The molecule has 0 bridgehead atoms. The third-order valence-corrected chi connectivity index (χ3v) is 7.71. The number of halogens is 2. The summed E-state index contributed by atoms with van der Waals surface area (Å²) < 4.78 is 20.7. The molecule has 1 aliphatic rings. The number of aromatic nitrogens is 2. The van der Waals surface area contributed by atoms with Crippen LogP contribution in [0.3, 0.4) is 0 Å². The number of hydrogen-bond acceptors (Lipinski definition) is 13. The van der Waals surface area contributed by atoms with Gasteiger partial charge in [-0.3, -0.25) is 24.0 Å². The van der Waals surface area contributed by atoms with E-state index in [2.05, 4.69) is 9.97 Å². The van der Waals surface area contributed by atoms with Crippen molar-refractivity contribution in [2.24, 2.45) is 0 Å². The lowest BCUT2D eigenvalue weighted by atomic mass is 10.0. The highest BCUT2D eigenvalue weighted by Gasteiger charge is 2.46. The highest BCUT2D eigenvalue weighted by atomic mass is 35.5. The fourth-order valence-corrected chi connectivity index (χ4v) is 5.64. The Bertz CT molecular complexity index is 1700.